The van der Waals surface area contributed by atoms with Crippen LogP contribution in [0.5, 0.6) is 0 Å². The highest BCUT2D eigenvalue weighted by molar-refractivity contribution is 5.02. The normalized spacial score (nSPS) is 27.5. The van der Waals surface area contributed by atoms with Crippen LogP contribution in [0.3, 0.4) is 0 Å². The molecular formula is C9H19NO. The van der Waals surface area contributed by atoms with Crippen molar-refractivity contribution in [2.45, 2.75) is 38.6 Å². The van der Waals surface area contributed by atoms with Gasteiger partial charge in [0.1, 0.15) is 0 Å². The summed E-state index contributed by atoms with van der Waals surface area (Å²) in [6, 6.07) is 0. The fourth-order valence-electron chi connectivity index (χ4n) is 1.57. The average Bonchev–Trinajstić information content (AvgIpc) is 2.82. The lowest BCUT2D eigenvalue weighted by Crippen LogP contribution is -2.40. The molecule has 0 amide bonds. The van der Waals surface area contributed by atoms with Gasteiger partial charge >= 0.3 is 0 Å². The monoisotopic (exact) mass is 157 g/mol. The third-order valence-corrected chi connectivity index (χ3v) is 2.63. The topological polar surface area (TPSA) is 12.5 Å². The van der Waals surface area contributed by atoms with Crippen molar-refractivity contribution in [2.75, 3.05) is 20.4 Å². The van der Waals surface area contributed by atoms with Crippen LogP contribution < -0.4 is 0 Å². The molecule has 0 bridgehead atoms. The molecule has 2 fully saturated rings. The van der Waals surface area contributed by atoms with Crippen molar-refractivity contribution in [3.63, 3.8) is 0 Å². The first-order valence-corrected chi connectivity index (χ1v) is 4.63. The van der Waals surface area contributed by atoms with Gasteiger partial charge in [-0.15, -0.1) is 0 Å². The minimum absolute atomic E-state index is 0.595. The van der Waals surface area contributed by atoms with Crippen LogP contribution in [0.1, 0.15) is 33.1 Å². The second kappa shape index (κ2) is 3.55. The summed E-state index contributed by atoms with van der Waals surface area (Å²) in [5, 5.41) is 0. The van der Waals surface area contributed by atoms with Crippen LogP contribution in [0, 0.1) is 0 Å². The lowest BCUT2D eigenvalue weighted by atomic mass is 10.1. The minimum atomic E-state index is 0.595. The molecule has 1 spiro atoms. The van der Waals surface area contributed by atoms with Crippen molar-refractivity contribution < 1.29 is 4.74 Å². The van der Waals surface area contributed by atoms with Gasteiger partial charge in [-0.05, 0) is 26.3 Å². The van der Waals surface area contributed by atoms with Crippen LogP contribution in [0.4, 0.5) is 0 Å². The number of nitrogens with zero attached hydrogens (tertiary/aromatic N) is 1. The van der Waals surface area contributed by atoms with E-state index in [1.807, 2.05) is 13.8 Å². The van der Waals surface area contributed by atoms with Gasteiger partial charge < -0.3 is 4.74 Å². The van der Waals surface area contributed by atoms with Crippen LogP contribution in [0.25, 0.3) is 0 Å². The fourth-order valence-corrected chi connectivity index (χ4v) is 1.57. The van der Waals surface area contributed by atoms with E-state index in [2.05, 4.69) is 11.9 Å². The van der Waals surface area contributed by atoms with Gasteiger partial charge in [0, 0.05) is 5.54 Å². The highest BCUT2D eigenvalue weighted by atomic mass is 16.5. The molecular weight excluding hydrogens is 138 g/mol. The molecule has 0 aromatic carbocycles. The van der Waals surface area contributed by atoms with Gasteiger partial charge in [-0.3, -0.25) is 4.90 Å². The maximum Gasteiger partial charge on any atom is 0.0992 e. The second-order valence-corrected chi connectivity index (χ2v) is 3.21. The largest absolute Gasteiger partial charge is 0.366 e. The first-order chi connectivity index (χ1) is 5.33. The van der Waals surface area contributed by atoms with Crippen LogP contribution in [-0.4, -0.2) is 30.8 Å². The zero-order chi connectivity index (χ0) is 8.32. The second-order valence-electron chi connectivity index (χ2n) is 3.21. The molecule has 0 unspecified atom stereocenters. The van der Waals surface area contributed by atoms with Gasteiger partial charge in [-0.1, -0.05) is 13.8 Å². The van der Waals surface area contributed by atoms with E-state index in [1.54, 1.807) is 0 Å². The molecule has 1 aliphatic heterocycles. The van der Waals surface area contributed by atoms with Crippen molar-refractivity contribution >= 4 is 0 Å². The summed E-state index contributed by atoms with van der Waals surface area (Å²) in [7, 11) is 2.16. The summed E-state index contributed by atoms with van der Waals surface area (Å²) in [6.07, 6.45) is 4.04. The number of rotatable bonds is 0. The Kier molecular flexibility index (Phi) is 2.90. The summed E-state index contributed by atoms with van der Waals surface area (Å²) < 4.78 is 5.28. The quantitative estimate of drug-likeness (QED) is 0.532. The van der Waals surface area contributed by atoms with Gasteiger partial charge in [-0.25, -0.2) is 0 Å². The van der Waals surface area contributed by atoms with Crippen molar-refractivity contribution in [3.8, 4) is 0 Å². The highest BCUT2D eigenvalue weighted by Crippen LogP contribution is 2.45. The molecule has 1 saturated carbocycles. The number of ether oxygens (including phenoxy) is 1. The Labute approximate surface area is 69.5 Å². The molecule has 2 rings (SSSR count). The average molecular weight is 157 g/mol. The summed E-state index contributed by atoms with van der Waals surface area (Å²) in [5.41, 5.74) is 0.595. The van der Waals surface area contributed by atoms with Gasteiger partial charge in [0.05, 0.1) is 13.3 Å². The van der Waals surface area contributed by atoms with E-state index in [0.717, 1.165) is 13.3 Å². The molecule has 2 aliphatic rings. The predicted octanol–water partition coefficient (Wildman–Crippen LogP) is 1.85. The Morgan fingerprint density at radius 3 is 2.18 bits per heavy atom. The molecule has 2 nitrogen and oxygen atoms in total. The Balaban J connectivity index is 0.000000281. The van der Waals surface area contributed by atoms with Crippen molar-refractivity contribution in [3.05, 3.63) is 0 Å². The first-order valence-electron chi connectivity index (χ1n) is 4.63. The Morgan fingerprint density at radius 1 is 1.18 bits per heavy atom. The van der Waals surface area contributed by atoms with Crippen molar-refractivity contribution in [2.24, 2.45) is 0 Å². The predicted molar refractivity (Wildman–Crippen MR) is 46.5 cm³/mol. The molecule has 2 heteroatoms. The van der Waals surface area contributed by atoms with Crippen LogP contribution >= 0.6 is 0 Å². The van der Waals surface area contributed by atoms with E-state index < -0.39 is 0 Å². The molecule has 0 N–H and O–H groups in total. The van der Waals surface area contributed by atoms with E-state index in [9.17, 15) is 0 Å². The summed E-state index contributed by atoms with van der Waals surface area (Å²) in [6.45, 7) is 5.82. The van der Waals surface area contributed by atoms with Gasteiger partial charge in [-0.2, -0.15) is 0 Å². The molecule has 1 heterocycles. The molecule has 11 heavy (non-hydrogen) atoms. The zero-order valence-corrected chi connectivity index (χ0v) is 7.89. The fraction of sp³-hybridized carbons (Fsp3) is 1.00. The molecule has 1 aliphatic carbocycles. The Bertz CT molecular complexity index is 121. The summed E-state index contributed by atoms with van der Waals surface area (Å²) in [4.78, 5) is 2.34. The maximum absolute atomic E-state index is 5.28. The maximum atomic E-state index is 5.28. The molecule has 66 valence electrons. The standard InChI is InChI=1S/C7H13NO.C2H6/c1-8-6-9-5-4-7(8)2-3-7;1-2/h2-6H2,1H3;1-2H3. The SMILES string of the molecule is CC.CN1COCCC12CC2. The molecule has 1 saturated heterocycles. The summed E-state index contributed by atoms with van der Waals surface area (Å²) >= 11 is 0. The van der Waals surface area contributed by atoms with Gasteiger partial charge in [0.25, 0.3) is 0 Å². The minimum Gasteiger partial charge on any atom is -0.366 e. The number of hydrogen-bond acceptors (Lipinski definition) is 2. The van der Waals surface area contributed by atoms with Gasteiger partial charge in [0.15, 0.2) is 0 Å². The van der Waals surface area contributed by atoms with Crippen molar-refractivity contribution in [1.82, 2.24) is 4.90 Å². The first kappa shape index (κ1) is 9.01. The Morgan fingerprint density at radius 2 is 1.82 bits per heavy atom. The van der Waals surface area contributed by atoms with Crippen LogP contribution in [0.15, 0.2) is 0 Å². The van der Waals surface area contributed by atoms with Crippen LogP contribution in [-0.2, 0) is 4.74 Å². The van der Waals surface area contributed by atoms with Crippen molar-refractivity contribution in [1.29, 1.82) is 0 Å². The molecule has 0 atom stereocenters. The highest BCUT2D eigenvalue weighted by Gasteiger charge is 2.47. The van der Waals surface area contributed by atoms with E-state index in [0.29, 0.717) is 5.54 Å². The third kappa shape index (κ3) is 1.74. The van der Waals surface area contributed by atoms with Gasteiger partial charge in [0.2, 0.25) is 0 Å². The third-order valence-electron chi connectivity index (χ3n) is 2.63. The smallest absolute Gasteiger partial charge is 0.0992 e. The molecule has 0 aromatic rings. The lowest BCUT2D eigenvalue weighted by Gasteiger charge is -2.32. The van der Waals surface area contributed by atoms with E-state index >= 15 is 0 Å². The van der Waals surface area contributed by atoms with E-state index in [-0.39, 0.29) is 0 Å². The number of hydrogen-bond donors (Lipinski definition) is 0. The Hall–Kier alpha value is -0.0800. The zero-order valence-electron chi connectivity index (χ0n) is 7.89. The lowest BCUT2D eigenvalue weighted by molar-refractivity contribution is -0.0426. The summed E-state index contributed by atoms with van der Waals surface area (Å²) in [5.74, 6) is 0. The molecule has 0 aromatic heterocycles. The van der Waals surface area contributed by atoms with E-state index in [4.69, 9.17) is 4.74 Å². The van der Waals surface area contributed by atoms with Crippen LogP contribution in [0.2, 0.25) is 0 Å². The van der Waals surface area contributed by atoms with E-state index in [1.165, 1.54) is 19.3 Å². The molecule has 0 radical (unpaired) electrons.